The van der Waals surface area contributed by atoms with Crippen LogP contribution in [0.2, 0.25) is 0 Å². The number of carbonyl (C=O) groups is 2. The second kappa shape index (κ2) is 5.66. The molecule has 2 fully saturated rings. The van der Waals surface area contributed by atoms with Crippen LogP contribution in [0.25, 0.3) is 0 Å². The number of ether oxygens (including phenoxy) is 1. The minimum Gasteiger partial charge on any atom is -0.476 e. The third-order valence-corrected chi connectivity index (χ3v) is 3.52. The predicted octanol–water partition coefficient (Wildman–Crippen LogP) is -1.21. The van der Waals surface area contributed by atoms with Gasteiger partial charge in [-0.15, -0.1) is 5.10 Å². The lowest BCUT2D eigenvalue weighted by Gasteiger charge is -2.40. The summed E-state index contributed by atoms with van der Waals surface area (Å²) in [6, 6.07) is -0.187. The van der Waals surface area contributed by atoms with Crippen LogP contribution in [0, 0.1) is 0 Å². The highest BCUT2D eigenvalue weighted by atomic mass is 16.5. The Hall–Kier alpha value is -2.20. The molecule has 3 heterocycles. The van der Waals surface area contributed by atoms with Crippen LogP contribution in [0.5, 0.6) is 0 Å². The summed E-state index contributed by atoms with van der Waals surface area (Å²) in [5.41, 5.74) is 2.73. The van der Waals surface area contributed by atoms with Gasteiger partial charge >= 0.3 is 12.0 Å². The third-order valence-electron chi connectivity index (χ3n) is 3.52. The number of hydrogen-bond acceptors (Lipinski definition) is 6. The van der Waals surface area contributed by atoms with Crippen LogP contribution < -0.4 is 5.43 Å². The van der Waals surface area contributed by atoms with Gasteiger partial charge in [-0.25, -0.2) is 19.3 Å². The van der Waals surface area contributed by atoms with Gasteiger partial charge in [0.2, 0.25) is 0 Å². The van der Waals surface area contributed by atoms with Crippen LogP contribution >= 0.6 is 0 Å². The maximum atomic E-state index is 12.0. The molecule has 21 heavy (non-hydrogen) atoms. The molecule has 0 saturated carbocycles. The normalized spacial score (nSPS) is 20.1. The Balaban J connectivity index is 1.48. The van der Waals surface area contributed by atoms with Crippen molar-refractivity contribution >= 4 is 12.0 Å². The van der Waals surface area contributed by atoms with Crippen molar-refractivity contribution in [2.24, 2.45) is 0 Å². The Morgan fingerprint density at radius 3 is 2.67 bits per heavy atom. The highest BCUT2D eigenvalue weighted by Gasteiger charge is 2.34. The predicted molar refractivity (Wildman–Crippen MR) is 68.5 cm³/mol. The molecule has 0 radical (unpaired) electrons. The molecule has 114 valence electrons. The molecule has 2 saturated heterocycles. The number of urea groups is 1. The summed E-state index contributed by atoms with van der Waals surface area (Å²) in [7, 11) is 0. The largest absolute Gasteiger partial charge is 0.476 e. The Morgan fingerprint density at radius 2 is 2.05 bits per heavy atom. The van der Waals surface area contributed by atoms with Gasteiger partial charge in [0.25, 0.3) is 0 Å². The lowest BCUT2D eigenvalue weighted by atomic mass is 10.1. The molecule has 0 atom stereocenters. The number of aromatic nitrogens is 3. The van der Waals surface area contributed by atoms with Gasteiger partial charge in [-0.1, -0.05) is 5.21 Å². The van der Waals surface area contributed by atoms with Crippen molar-refractivity contribution in [3.63, 3.8) is 0 Å². The maximum absolute atomic E-state index is 12.0. The van der Waals surface area contributed by atoms with Gasteiger partial charge in [-0.05, 0) is 0 Å². The number of carboxylic acid groups (broad SMARTS) is 1. The highest BCUT2D eigenvalue weighted by Crippen LogP contribution is 2.20. The van der Waals surface area contributed by atoms with Gasteiger partial charge in [-0.3, -0.25) is 5.43 Å². The van der Waals surface area contributed by atoms with Crippen molar-refractivity contribution in [2.75, 3.05) is 39.4 Å². The fourth-order valence-corrected chi connectivity index (χ4v) is 2.22. The standard InChI is InChI=1S/C11H16N6O4/c18-10(19)9-7-17(14-12-9)8-5-15(6-8)11(20)13-16-1-3-21-4-2-16/h7-8H,1-6H2,(H,13,20)(H,18,19). The minimum atomic E-state index is -1.11. The van der Waals surface area contributed by atoms with Crippen molar-refractivity contribution in [3.05, 3.63) is 11.9 Å². The Labute approximate surface area is 120 Å². The molecule has 0 aliphatic carbocycles. The molecule has 3 rings (SSSR count). The number of carbonyl (C=O) groups excluding carboxylic acids is 1. The molecule has 0 aromatic carbocycles. The van der Waals surface area contributed by atoms with Crippen molar-refractivity contribution in [1.29, 1.82) is 0 Å². The SMILES string of the molecule is O=C(O)c1cn(C2CN(C(=O)NN3CCOCC3)C2)nn1. The minimum absolute atomic E-state index is 0.0268. The van der Waals surface area contributed by atoms with Crippen LogP contribution in [0.15, 0.2) is 6.20 Å². The molecule has 10 heteroatoms. The van der Waals surface area contributed by atoms with Crippen molar-refractivity contribution in [3.8, 4) is 0 Å². The molecule has 2 aliphatic rings. The number of nitrogens with one attached hydrogen (secondary N) is 1. The van der Waals surface area contributed by atoms with E-state index in [4.69, 9.17) is 9.84 Å². The van der Waals surface area contributed by atoms with E-state index in [1.165, 1.54) is 10.9 Å². The smallest absolute Gasteiger partial charge is 0.358 e. The molecule has 0 spiro atoms. The average Bonchev–Trinajstić information content (AvgIpc) is 2.88. The maximum Gasteiger partial charge on any atom is 0.358 e. The van der Waals surface area contributed by atoms with Gasteiger partial charge in [-0.2, -0.15) is 0 Å². The average molecular weight is 296 g/mol. The second-order valence-corrected chi connectivity index (χ2v) is 4.96. The topological polar surface area (TPSA) is 113 Å². The number of aromatic carboxylic acids is 1. The number of rotatable bonds is 3. The molecule has 2 amide bonds. The van der Waals surface area contributed by atoms with Gasteiger partial charge in [0.05, 0.1) is 25.5 Å². The number of hydrogen-bond donors (Lipinski definition) is 2. The summed E-state index contributed by atoms with van der Waals surface area (Å²) in [6.07, 6.45) is 1.38. The Morgan fingerprint density at radius 1 is 1.33 bits per heavy atom. The van der Waals surface area contributed by atoms with Crippen LogP contribution in [0.4, 0.5) is 4.79 Å². The van der Waals surface area contributed by atoms with Gasteiger partial charge < -0.3 is 14.7 Å². The van der Waals surface area contributed by atoms with E-state index in [0.717, 1.165) is 0 Å². The molecule has 1 aromatic rings. The zero-order valence-electron chi connectivity index (χ0n) is 11.3. The van der Waals surface area contributed by atoms with Crippen molar-refractivity contribution in [1.82, 2.24) is 30.3 Å². The van der Waals surface area contributed by atoms with E-state index in [2.05, 4.69) is 15.7 Å². The molecule has 0 bridgehead atoms. The van der Waals surface area contributed by atoms with E-state index in [-0.39, 0.29) is 17.8 Å². The molecular formula is C11H16N6O4. The van der Waals surface area contributed by atoms with E-state index in [1.54, 1.807) is 4.90 Å². The number of carboxylic acids is 1. The molecule has 2 N–H and O–H groups in total. The lowest BCUT2D eigenvalue weighted by Crippen LogP contribution is -2.59. The first-order valence-electron chi connectivity index (χ1n) is 6.67. The fourth-order valence-electron chi connectivity index (χ4n) is 2.22. The molecular weight excluding hydrogens is 280 g/mol. The van der Waals surface area contributed by atoms with Gasteiger partial charge in [0.1, 0.15) is 0 Å². The Kier molecular flexibility index (Phi) is 3.71. The van der Waals surface area contributed by atoms with E-state index in [1.807, 2.05) is 5.01 Å². The summed E-state index contributed by atoms with van der Waals surface area (Å²) in [5, 5.41) is 17.9. The molecule has 1 aromatic heterocycles. The van der Waals surface area contributed by atoms with Crippen LogP contribution in [-0.2, 0) is 4.74 Å². The third kappa shape index (κ3) is 2.95. The van der Waals surface area contributed by atoms with Crippen LogP contribution in [0.3, 0.4) is 0 Å². The monoisotopic (exact) mass is 296 g/mol. The molecule has 10 nitrogen and oxygen atoms in total. The Bertz CT molecular complexity index is 535. The molecule has 2 aliphatic heterocycles. The van der Waals surface area contributed by atoms with E-state index in [0.29, 0.717) is 39.4 Å². The first-order chi connectivity index (χ1) is 10.1. The first-order valence-corrected chi connectivity index (χ1v) is 6.67. The number of nitrogens with zero attached hydrogens (tertiary/aromatic N) is 5. The zero-order valence-corrected chi connectivity index (χ0v) is 11.3. The summed E-state index contributed by atoms with van der Waals surface area (Å²) >= 11 is 0. The van der Waals surface area contributed by atoms with E-state index in [9.17, 15) is 9.59 Å². The molecule has 0 unspecified atom stereocenters. The van der Waals surface area contributed by atoms with E-state index < -0.39 is 5.97 Å². The zero-order chi connectivity index (χ0) is 14.8. The summed E-state index contributed by atoms with van der Waals surface area (Å²) in [5.74, 6) is -1.11. The van der Waals surface area contributed by atoms with Crippen LogP contribution in [0.1, 0.15) is 16.5 Å². The highest BCUT2D eigenvalue weighted by molar-refractivity contribution is 5.84. The first kappa shape index (κ1) is 13.8. The lowest BCUT2D eigenvalue weighted by molar-refractivity contribution is 0.0111. The summed E-state index contributed by atoms with van der Waals surface area (Å²) < 4.78 is 6.69. The van der Waals surface area contributed by atoms with Gasteiger partial charge in [0, 0.05) is 26.2 Å². The fraction of sp³-hybridized carbons (Fsp3) is 0.636. The van der Waals surface area contributed by atoms with Gasteiger partial charge in [0.15, 0.2) is 5.69 Å². The number of likely N-dealkylation sites (tertiary alicyclic amines) is 1. The van der Waals surface area contributed by atoms with Crippen LogP contribution in [-0.4, -0.2) is 81.4 Å². The number of morpholine rings is 1. The van der Waals surface area contributed by atoms with E-state index >= 15 is 0 Å². The van der Waals surface area contributed by atoms with Crippen molar-refractivity contribution < 1.29 is 19.4 Å². The number of hydrazine groups is 1. The number of amides is 2. The summed E-state index contributed by atoms with van der Waals surface area (Å²) in [6.45, 7) is 3.54. The summed E-state index contributed by atoms with van der Waals surface area (Å²) in [4.78, 5) is 24.3. The quantitative estimate of drug-likeness (QED) is 0.719. The van der Waals surface area contributed by atoms with Crippen molar-refractivity contribution in [2.45, 2.75) is 6.04 Å². The second-order valence-electron chi connectivity index (χ2n) is 4.96.